The first kappa shape index (κ1) is 21.3. The fourth-order valence-corrected chi connectivity index (χ4v) is 3.53. The average molecular weight is 449 g/mol. The number of nitrogens with one attached hydrogen (secondary N) is 1. The smallest absolute Gasteiger partial charge is 0.298 e. The van der Waals surface area contributed by atoms with Crippen molar-refractivity contribution in [2.75, 3.05) is 5.43 Å². The summed E-state index contributed by atoms with van der Waals surface area (Å²) in [5, 5.41) is 4.77. The van der Waals surface area contributed by atoms with Crippen LogP contribution in [0.25, 0.3) is 17.2 Å². The second-order valence-electron chi connectivity index (χ2n) is 7.15. The van der Waals surface area contributed by atoms with E-state index in [1.807, 2.05) is 54.6 Å². The van der Waals surface area contributed by atoms with Crippen LogP contribution in [0, 0.1) is 0 Å². The molecule has 2 heterocycles. The largest absolute Gasteiger partial charge is 0.332 e. The minimum Gasteiger partial charge on any atom is -0.298 e. The Morgan fingerprint density at radius 2 is 1.75 bits per heavy atom. The number of hydrogen-bond donors (Lipinski definition) is 1. The van der Waals surface area contributed by atoms with Gasteiger partial charge in [-0.15, -0.1) is 0 Å². The van der Waals surface area contributed by atoms with Crippen molar-refractivity contribution in [2.45, 2.75) is 6.54 Å². The zero-order valence-corrected chi connectivity index (χ0v) is 18.3. The molecule has 0 saturated carbocycles. The Morgan fingerprint density at radius 1 is 1.03 bits per heavy atom. The van der Waals surface area contributed by atoms with Crippen LogP contribution in [0.1, 0.15) is 11.1 Å². The second kappa shape index (κ2) is 9.07. The van der Waals surface area contributed by atoms with Crippen LogP contribution in [0.15, 0.2) is 75.4 Å². The fourth-order valence-electron chi connectivity index (χ4n) is 3.34. The first-order valence-electron chi connectivity index (χ1n) is 9.88. The number of imidazole rings is 1. The maximum atomic E-state index is 12.9. The first-order chi connectivity index (χ1) is 15.5. The lowest BCUT2D eigenvalue weighted by molar-refractivity contribution is 0.702. The monoisotopic (exact) mass is 448 g/mol. The molecule has 0 aliphatic carbocycles. The van der Waals surface area contributed by atoms with Crippen molar-refractivity contribution in [2.24, 2.45) is 19.2 Å². The van der Waals surface area contributed by atoms with Crippen LogP contribution in [0.5, 0.6) is 0 Å². The molecule has 0 aliphatic rings. The van der Waals surface area contributed by atoms with Gasteiger partial charge in [-0.05, 0) is 23.3 Å². The van der Waals surface area contributed by atoms with Gasteiger partial charge >= 0.3 is 5.69 Å². The quantitative estimate of drug-likeness (QED) is 0.362. The highest BCUT2D eigenvalue weighted by Gasteiger charge is 2.19. The molecule has 2 aromatic heterocycles. The van der Waals surface area contributed by atoms with Crippen molar-refractivity contribution < 1.29 is 0 Å². The van der Waals surface area contributed by atoms with Crippen LogP contribution in [0.3, 0.4) is 0 Å². The summed E-state index contributed by atoms with van der Waals surface area (Å²) in [5.41, 5.74) is 4.39. The van der Waals surface area contributed by atoms with E-state index >= 15 is 0 Å². The Labute approximate surface area is 188 Å². The SMILES string of the molecule is Cn1c(=O)c2c(nc(NN=CC=Cc3ccccc3)n2Cc2ccccc2Cl)n(C)c1=O. The van der Waals surface area contributed by atoms with E-state index in [1.165, 1.54) is 11.6 Å². The third kappa shape index (κ3) is 4.13. The maximum Gasteiger partial charge on any atom is 0.332 e. The van der Waals surface area contributed by atoms with Gasteiger partial charge in [0, 0.05) is 25.3 Å². The number of rotatable bonds is 6. The van der Waals surface area contributed by atoms with Crippen LogP contribution in [0.2, 0.25) is 5.02 Å². The Balaban J connectivity index is 1.74. The Morgan fingerprint density at radius 3 is 2.50 bits per heavy atom. The number of aromatic nitrogens is 4. The van der Waals surface area contributed by atoms with Gasteiger partial charge in [-0.25, -0.2) is 10.2 Å². The van der Waals surface area contributed by atoms with E-state index in [2.05, 4.69) is 15.5 Å². The standard InChI is InChI=1S/C23H21ClN6O2/c1-28-20-19(21(31)29(2)23(28)32)30(15-17-12-6-7-13-18(17)24)22(26-20)27-25-14-8-11-16-9-4-3-5-10-16/h3-14H,15H2,1-2H3,(H,26,27). The molecule has 0 atom stereocenters. The summed E-state index contributed by atoms with van der Waals surface area (Å²) < 4.78 is 4.07. The van der Waals surface area contributed by atoms with Crippen molar-refractivity contribution in [3.05, 3.63) is 97.7 Å². The highest BCUT2D eigenvalue weighted by Crippen LogP contribution is 2.22. The predicted octanol–water partition coefficient (Wildman–Crippen LogP) is 3.25. The van der Waals surface area contributed by atoms with Crippen LogP contribution < -0.4 is 16.7 Å². The molecule has 0 saturated heterocycles. The molecule has 0 spiro atoms. The van der Waals surface area contributed by atoms with Crippen molar-refractivity contribution in [3.8, 4) is 0 Å². The summed E-state index contributed by atoms with van der Waals surface area (Å²) in [5.74, 6) is 0.322. The molecule has 32 heavy (non-hydrogen) atoms. The zero-order chi connectivity index (χ0) is 22.7. The number of hydrazone groups is 1. The number of allylic oxidation sites excluding steroid dienone is 1. The maximum absolute atomic E-state index is 12.9. The van der Waals surface area contributed by atoms with Gasteiger partial charge in [0.1, 0.15) is 0 Å². The van der Waals surface area contributed by atoms with E-state index in [0.717, 1.165) is 15.7 Å². The summed E-state index contributed by atoms with van der Waals surface area (Å²) in [7, 11) is 3.02. The molecule has 0 unspecified atom stereocenters. The summed E-state index contributed by atoms with van der Waals surface area (Å²) >= 11 is 6.34. The van der Waals surface area contributed by atoms with Gasteiger partial charge in [-0.2, -0.15) is 10.1 Å². The summed E-state index contributed by atoms with van der Waals surface area (Å²) in [6.07, 6.45) is 5.29. The van der Waals surface area contributed by atoms with Gasteiger partial charge in [-0.1, -0.05) is 66.2 Å². The number of fused-ring (bicyclic) bond motifs is 1. The number of anilines is 1. The minimum atomic E-state index is -0.453. The van der Waals surface area contributed by atoms with Crippen molar-refractivity contribution in [3.63, 3.8) is 0 Å². The topological polar surface area (TPSA) is 86.2 Å². The molecular formula is C23H21ClN6O2. The lowest BCUT2D eigenvalue weighted by Gasteiger charge is -2.10. The lowest BCUT2D eigenvalue weighted by Crippen LogP contribution is -2.37. The highest BCUT2D eigenvalue weighted by atomic mass is 35.5. The van der Waals surface area contributed by atoms with E-state index in [4.69, 9.17) is 11.6 Å². The van der Waals surface area contributed by atoms with E-state index in [1.54, 1.807) is 30.0 Å². The molecule has 9 heteroatoms. The molecular weight excluding hydrogens is 428 g/mol. The fraction of sp³-hybridized carbons (Fsp3) is 0.130. The van der Waals surface area contributed by atoms with Crippen LogP contribution in [-0.4, -0.2) is 24.9 Å². The van der Waals surface area contributed by atoms with Gasteiger partial charge < -0.3 is 0 Å². The van der Waals surface area contributed by atoms with Gasteiger partial charge in [0.25, 0.3) is 5.56 Å². The lowest BCUT2D eigenvalue weighted by atomic mass is 10.2. The normalized spacial score (nSPS) is 11.7. The third-order valence-corrected chi connectivity index (χ3v) is 5.42. The molecule has 0 aliphatic heterocycles. The van der Waals surface area contributed by atoms with Crippen molar-refractivity contribution in [1.29, 1.82) is 0 Å². The predicted molar refractivity (Wildman–Crippen MR) is 128 cm³/mol. The molecule has 0 bridgehead atoms. The van der Waals surface area contributed by atoms with Crippen LogP contribution in [-0.2, 0) is 20.6 Å². The van der Waals surface area contributed by atoms with E-state index in [9.17, 15) is 9.59 Å². The third-order valence-electron chi connectivity index (χ3n) is 5.05. The average Bonchev–Trinajstić information content (AvgIpc) is 3.16. The molecule has 4 rings (SSSR count). The zero-order valence-electron chi connectivity index (χ0n) is 17.6. The number of nitrogens with zero attached hydrogens (tertiary/aromatic N) is 5. The Kier molecular flexibility index (Phi) is 6.04. The second-order valence-corrected chi connectivity index (χ2v) is 7.56. The number of halogens is 1. The number of benzene rings is 2. The van der Waals surface area contributed by atoms with E-state index in [-0.39, 0.29) is 17.7 Å². The molecule has 0 fully saturated rings. The summed E-state index contributed by atoms with van der Waals surface area (Å²) in [4.78, 5) is 29.8. The van der Waals surface area contributed by atoms with Crippen LogP contribution >= 0.6 is 11.6 Å². The molecule has 2 aromatic carbocycles. The van der Waals surface area contributed by atoms with E-state index in [0.29, 0.717) is 11.0 Å². The molecule has 0 radical (unpaired) electrons. The highest BCUT2D eigenvalue weighted by molar-refractivity contribution is 6.31. The van der Waals surface area contributed by atoms with Gasteiger partial charge in [0.15, 0.2) is 11.2 Å². The molecule has 8 nitrogen and oxygen atoms in total. The number of aryl methyl sites for hydroxylation is 1. The Bertz CT molecular complexity index is 1450. The van der Waals surface area contributed by atoms with E-state index < -0.39 is 11.2 Å². The first-order valence-corrected chi connectivity index (χ1v) is 10.3. The molecule has 4 aromatic rings. The van der Waals surface area contributed by atoms with Gasteiger partial charge in [0.05, 0.1) is 6.54 Å². The number of hydrogen-bond acceptors (Lipinski definition) is 5. The van der Waals surface area contributed by atoms with Gasteiger partial charge in [0.2, 0.25) is 5.95 Å². The minimum absolute atomic E-state index is 0.266. The Hall–Kier alpha value is -3.91. The molecule has 162 valence electrons. The summed E-state index contributed by atoms with van der Waals surface area (Å²) in [6.45, 7) is 0.279. The molecule has 0 amide bonds. The van der Waals surface area contributed by atoms with Crippen LogP contribution in [0.4, 0.5) is 5.95 Å². The summed E-state index contributed by atoms with van der Waals surface area (Å²) in [6, 6.07) is 17.2. The van der Waals surface area contributed by atoms with Crippen molar-refractivity contribution >= 4 is 41.0 Å². The molecule has 1 N–H and O–H groups in total. The van der Waals surface area contributed by atoms with Crippen molar-refractivity contribution in [1.82, 2.24) is 18.7 Å². The van der Waals surface area contributed by atoms with Gasteiger partial charge in [-0.3, -0.25) is 18.5 Å².